The van der Waals surface area contributed by atoms with E-state index in [1.54, 1.807) is 0 Å². The lowest BCUT2D eigenvalue weighted by Crippen LogP contribution is -2.42. The molecule has 0 saturated carbocycles. The Kier molecular flexibility index (Phi) is 8.90. The zero-order chi connectivity index (χ0) is 16.3. The first-order chi connectivity index (χ1) is 10.6. The van der Waals surface area contributed by atoms with Crippen LogP contribution in [0.3, 0.4) is 0 Å². The molecule has 0 amide bonds. The second-order valence-electron chi connectivity index (χ2n) is 5.68. The van der Waals surface area contributed by atoms with Gasteiger partial charge in [0, 0.05) is 23.6 Å². The van der Waals surface area contributed by atoms with Gasteiger partial charge >= 0.3 is 0 Å². The molecule has 2 aromatic rings. The van der Waals surface area contributed by atoms with E-state index in [0.717, 1.165) is 17.9 Å². The highest BCUT2D eigenvalue weighted by Gasteiger charge is 2.10. The fourth-order valence-electron chi connectivity index (χ4n) is 1.58. The molecule has 4 N–H and O–H groups in total. The number of nitrogens with two attached hydrogens (primary N) is 2. The van der Waals surface area contributed by atoms with Gasteiger partial charge in [0.05, 0.1) is 0 Å². The Bertz CT molecular complexity index is 452. The van der Waals surface area contributed by atoms with Crippen LogP contribution in [0.25, 0.3) is 0 Å². The van der Waals surface area contributed by atoms with Gasteiger partial charge in [-0.1, -0.05) is 67.6 Å². The minimum atomic E-state index is -0.139. The van der Waals surface area contributed by atoms with Gasteiger partial charge in [0.25, 0.3) is 0 Å². The number of rotatable bonds is 6. The molecule has 2 rings (SSSR count). The zero-order valence-electron chi connectivity index (χ0n) is 13.7. The standard InChI is InChI=1S/C14H14S.C5H14N2/c1-3-7-13(8-4-1)11-15-12-14-9-5-2-6-10-14;1-3-5(2,7)4-6/h1-10H,11-12H2;3-4,6-7H2,1-2H3. The summed E-state index contributed by atoms with van der Waals surface area (Å²) in [5, 5.41) is 0. The molecule has 0 fully saturated rings. The number of benzene rings is 2. The monoisotopic (exact) mass is 316 g/mol. The van der Waals surface area contributed by atoms with Crippen LogP contribution in [0, 0.1) is 0 Å². The van der Waals surface area contributed by atoms with Gasteiger partial charge in [0.15, 0.2) is 0 Å². The Labute approximate surface area is 139 Å². The van der Waals surface area contributed by atoms with Gasteiger partial charge in [-0.3, -0.25) is 0 Å². The van der Waals surface area contributed by atoms with Crippen molar-refractivity contribution >= 4 is 11.8 Å². The van der Waals surface area contributed by atoms with Crippen molar-refractivity contribution in [3.05, 3.63) is 71.8 Å². The highest BCUT2D eigenvalue weighted by atomic mass is 32.2. The van der Waals surface area contributed by atoms with Crippen LogP contribution in [0.15, 0.2) is 60.7 Å². The summed E-state index contributed by atoms with van der Waals surface area (Å²) in [5.41, 5.74) is 13.5. The zero-order valence-corrected chi connectivity index (χ0v) is 14.5. The van der Waals surface area contributed by atoms with E-state index in [9.17, 15) is 0 Å². The van der Waals surface area contributed by atoms with Crippen molar-refractivity contribution in [1.29, 1.82) is 0 Å². The number of hydrogen-bond acceptors (Lipinski definition) is 3. The highest BCUT2D eigenvalue weighted by Crippen LogP contribution is 2.17. The predicted octanol–water partition coefficient (Wildman–Crippen LogP) is 4.19. The van der Waals surface area contributed by atoms with Gasteiger partial charge in [-0.15, -0.1) is 0 Å². The van der Waals surface area contributed by atoms with Crippen molar-refractivity contribution in [3.63, 3.8) is 0 Å². The average molecular weight is 317 g/mol. The van der Waals surface area contributed by atoms with Crippen LogP contribution < -0.4 is 11.5 Å². The lowest BCUT2D eigenvalue weighted by atomic mass is 10.0. The van der Waals surface area contributed by atoms with Crippen molar-refractivity contribution in [3.8, 4) is 0 Å². The van der Waals surface area contributed by atoms with E-state index in [1.807, 2.05) is 25.6 Å². The maximum absolute atomic E-state index is 5.59. The van der Waals surface area contributed by atoms with Crippen LogP contribution in [-0.4, -0.2) is 12.1 Å². The fourth-order valence-corrected chi connectivity index (χ4v) is 2.54. The van der Waals surface area contributed by atoms with Crippen molar-refractivity contribution in [1.82, 2.24) is 0 Å². The van der Waals surface area contributed by atoms with Gasteiger partial charge in [0.2, 0.25) is 0 Å². The van der Waals surface area contributed by atoms with Crippen molar-refractivity contribution < 1.29 is 0 Å². The van der Waals surface area contributed by atoms with E-state index in [1.165, 1.54) is 11.1 Å². The van der Waals surface area contributed by atoms with Crippen molar-refractivity contribution in [2.45, 2.75) is 37.3 Å². The van der Waals surface area contributed by atoms with E-state index in [0.29, 0.717) is 6.54 Å². The lowest BCUT2D eigenvalue weighted by molar-refractivity contribution is 0.464. The molecule has 0 radical (unpaired) electrons. The van der Waals surface area contributed by atoms with Crippen molar-refractivity contribution in [2.24, 2.45) is 11.5 Å². The molecule has 0 saturated heterocycles. The molecule has 0 spiro atoms. The average Bonchev–Trinajstić information content (AvgIpc) is 2.57. The minimum Gasteiger partial charge on any atom is -0.329 e. The quantitative estimate of drug-likeness (QED) is 0.840. The van der Waals surface area contributed by atoms with E-state index >= 15 is 0 Å². The predicted molar refractivity (Wildman–Crippen MR) is 99.8 cm³/mol. The molecule has 0 aromatic heterocycles. The van der Waals surface area contributed by atoms with Gasteiger partial charge in [-0.05, 0) is 24.5 Å². The summed E-state index contributed by atoms with van der Waals surface area (Å²) in [4.78, 5) is 0. The Balaban J connectivity index is 0.000000295. The van der Waals surface area contributed by atoms with E-state index in [-0.39, 0.29) is 5.54 Å². The topological polar surface area (TPSA) is 52.0 Å². The summed E-state index contributed by atoms with van der Waals surface area (Å²) < 4.78 is 0. The molecular formula is C19H28N2S. The lowest BCUT2D eigenvalue weighted by Gasteiger charge is -2.18. The minimum absolute atomic E-state index is 0.139. The molecule has 0 bridgehead atoms. The molecule has 0 heterocycles. The molecule has 1 atom stereocenters. The molecule has 0 aliphatic carbocycles. The summed E-state index contributed by atoms with van der Waals surface area (Å²) in [5.74, 6) is 2.19. The third-order valence-electron chi connectivity index (χ3n) is 3.50. The summed E-state index contributed by atoms with van der Waals surface area (Å²) in [6, 6.07) is 21.2. The Morgan fingerprint density at radius 2 is 1.27 bits per heavy atom. The molecule has 2 aromatic carbocycles. The second kappa shape index (κ2) is 10.4. The summed E-state index contributed by atoms with van der Waals surface area (Å²) >= 11 is 1.96. The van der Waals surface area contributed by atoms with E-state index < -0.39 is 0 Å². The van der Waals surface area contributed by atoms with Gasteiger partial charge < -0.3 is 11.5 Å². The van der Waals surface area contributed by atoms with Crippen LogP contribution in [0.2, 0.25) is 0 Å². The third-order valence-corrected chi connectivity index (χ3v) is 4.57. The van der Waals surface area contributed by atoms with Crippen molar-refractivity contribution in [2.75, 3.05) is 6.54 Å². The SMILES string of the molecule is CCC(C)(N)CN.c1ccc(CSCc2ccccc2)cc1. The number of hydrogen-bond donors (Lipinski definition) is 2. The first-order valence-electron chi connectivity index (χ1n) is 7.72. The third kappa shape index (κ3) is 8.23. The maximum Gasteiger partial charge on any atom is 0.0247 e. The molecule has 3 heteroatoms. The Morgan fingerprint density at radius 3 is 1.55 bits per heavy atom. The summed E-state index contributed by atoms with van der Waals surface area (Å²) in [6.45, 7) is 4.56. The molecule has 22 heavy (non-hydrogen) atoms. The van der Waals surface area contributed by atoms with Gasteiger partial charge in [-0.2, -0.15) is 11.8 Å². The fraction of sp³-hybridized carbons (Fsp3) is 0.368. The van der Waals surface area contributed by atoms with Crippen LogP contribution in [0.4, 0.5) is 0 Å². The van der Waals surface area contributed by atoms with E-state index in [2.05, 4.69) is 60.7 Å². The van der Waals surface area contributed by atoms with Crippen LogP contribution >= 0.6 is 11.8 Å². The van der Waals surface area contributed by atoms with Crippen LogP contribution in [0.1, 0.15) is 31.4 Å². The molecular weight excluding hydrogens is 288 g/mol. The van der Waals surface area contributed by atoms with Gasteiger partial charge in [-0.25, -0.2) is 0 Å². The molecule has 0 aliphatic heterocycles. The van der Waals surface area contributed by atoms with Gasteiger partial charge in [0.1, 0.15) is 0 Å². The normalized spacial score (nSPS) is 12.9. The first-order valence-corrected chi connectivity index (χ1v) is 8.87. The molecule has 0 aliphatic rings. The first kappa shape index (κ1) is 18.8. The second-order valence-corrected chi connectivity index (χ2v) is 6.66. The molecule has 1 unspecified atom stereocenters. The number of thioether (sulfide) groups is 1. The maximum atomic E-state index is 5.59. The largest absolute Gasteiger partial charge is 0.329 e. The van der Waals surface area contributed by atoms with Crippen LogP contribution in [0.5, 0.6) is 0 Å². The van der Waals surface area contributed by atoms with Crippen LogP contribution in [-0.2, 0) is 11.5 Å². The Hall–Kier alpha value is -1.29. The summed E-state index contributed by atoms with van der Waals surface area (Å²) in [6.07, 6.45) is 0.948. The smallest absolute Gasteiger partial charge is 0.0247 e. The highest BCUT2D eigenvalue weighted by molar-refractivity contribution is 7.97. The molecule has 120 valence electrons. The summed E-state index contributed by atoms with van der Waals surface area (Å²) in [7, 11) is 0. The van der Waals surface area contributed by atoms with E-state index in [4.69, 9.17) is 11.5 Å². The Morgan fingerprint density at radius 1 is 0.864 bits per heavy atom. The molecule has 2 nitrogen and oxygen atoms in total.